The van der Waals surface area contributed by atoms with Gasteiger partial charge in [-0.1, -0.05) is 6.92 Å². The Bertz CT molecular complexity index is 1190. The highest BCUT2D eigenvalue weighted by atomic mass is 16.3. The third-order valence-electron chi connectivity index (χ3n) is 7.26. The fourth-order valence-electron chi connectivity index (χ4n) is 5.89. The summed E-state index contributed by atoms with van der Waals surface area (Å²) >= 11 is 0. The van der Waals surface area contributed by atoms with E-state index < -0.39 is 70.0 Å². The van der Waals surface area contributed by atoms with E-state index in [1.807, 2.05) is 0 Å². The van der Waals surface area contributed by atoms with Crippen molar-refractivity contribution in [1.29, 1.82) is 0 Å². The molecule has 3 aliphatic rings. The minimum absolute atomic E-state index is 0.147. The molecule has 0 bridgehead atoms. The summed E-state index contributed by atoms with van der Waals surface area (Å²) in [5.74, 6) is -8.37. The quantitative estimate of drug-likeness (QED) is 0.167. The summed E-state index contributed by atoms with van der Waals surface area (Å²) in [5, 5.41) is 43.9. The number of nitrogens with two attached hydrogens (primary N) is 3. The van der Waals surface area contributed by atoms with Crippen LogP contribution in [0.2, 0.25) is 0 Å². The van der Waals surface area contributed by atoms with E-state index in [0.29, 0.717) is 0 Å². The Kier molecular flexibility index (Phi) is 4.86. The summed E-state index contributed by atoms with van der Waals surface area (Å²) in [7, 11) is 3.05. The van der Waals surface area contributed by atoms with Gasteiger partial charge in [0.2, 0.25) is 5.78 Å². The standard InChI is InChI=1S/C22H26N4O7/c1-6-9-12(17(28)11-8(27)5-4-7(23)10(11)15(9)24)19(30)22(33)14(6)16(26(2)3)18(29)13(20(22)31)21(25)32/h4-6,9,14-16,27-28,31,33H,23-24H2,1-3H3,(H2,25,32)/t6-,9-,14-,15+,16-,22-/m0/s1. The number of rotatable bonds is 2. The van der Waals surface area contributed by atoms with E-state index in [0.717, 1.165) is 0 Å². The molecule has 176 valence electrons. The van der Waals surface area contributed by atoms with E-state index in [1.165, 1.54) is 31.1 Å². The number of aliphatic hydroxyl groups is 3. The molecule has 0 saturated heterocycles. The zero-order chi connectivity index (χ0) is 24.7. The first kappa shape index (κ1) is 22.8. The molecule has 1 saturated carbocycles. The van der Waals surface area contributed by atoms with Crippen LogP contribution >= 0.6 is 0 Å². The minimum Gasteiger partial charge on any atom is -0.508 e. The van der Waals surface area contributed by atoms with Gasteiger partial charge in [0, 0.05) is 34.7 Å². The second-order valence-corrected chi connectivity index (χ2v) is 9.12. The minimum atomic E-state index is -2.74. The molecule has 1 aromatic rings. The molecule has 1 amide bonds. The molecule has 11 nitrogen and oxygen atoms in total. The number of anilines is 1. The van der Waals surface area contributed by atoms with Crippen molar-refractivity contribution in [3.63, 3.8) is 0 Å². The van der Waals surface area contributed by atoms with Crippen LogP contribution in [-0.2, 0) is 14.4 Å². The number of amides is 1. The number of carbonyl (C=O) groups excluding carboxylic acids is 3. The van der Waals surface area contributed by atoms with E-state index >= 15 is 0 Å². The fourth-order valence-corrected chi connectivity index (χ4v) is 5.89. The number of ketones is 2. The monoisotopic (exact) mass is 458 g/mol. The second-order valence-electron chi connectivity index (χ2n) is 9.12. The van der Waals surface area contributed by atoms with Gasteiger partial charge in [0.1, 0.15) is 22.8 Å². The SMILES string of the molecule is C[C@H]1[C@H]2C(=C(O)c3c(O)ccc(N)c3[C@@H]2N)C(=O)[C@]2(O)C(O)=C(C(N)=O)C(=O)[C@@H](N(C)C)[C@H]12. The number of hydrogen-bond donors (Lipinski definition) is 7. The van der Waals surface area contributed by atoms with Crippen LogP contribution in [0.15, 0.2) is 29.0 Å². The van der Waals surface area contributed by atoms with Crippen molar-refractivity contribution in [2.75, 3.05) is 19.8 Å². The maximum atomic E-state index is 13.8. The zero-order valence-electron chi connectivity index (χ0n) is 18.2. The van der Waals surface area contributed by atoms with Crippen LogP contribution in [0.25, 0.3) is 5.76 Å². The number of primary amides is 1. The molecule has 11 heteroatoms. The van der Waals surface area contributed by atoms with Crippen LogP contribution in [0.4, 0.5) is 5.69 Å². The molecule has 0 spiro atoms. The molecule has 0 radical (unpaired) electrons. The molecule has 0 aliphatic heterocycles. The summed E-state index contributed by atoms with van der Waals surface area (Å²) in [6, 6.07) is 0.462. The number of nitrogens with zero attached hydrogens (tertiary/aromatic N) is 1. The number of aliphatic hydroxyl groups excluding tert-OH is 2. The first-order valence-electron chi connectivity index (χ1n) is 10.3. The normalized spacial score (nSPS) is 33.7. The summed E-state index contributed by atoms with van der Waals surface area (Å²) in [6.07, 6.45) is 0. The van der Waals surface area contributed by atoms with Crippen molar-refractivity contribution >= 4 is 28.9 Å². The van der Waals surface area contributed by atoms with Gasteiger partial charge < -0.3 is 37.6 Å². The highest BCUT2D eigenvalue weighted by molar-refractivity contribution is 6.24. The summed E-state index contributed by atoms with van der Waals surface area (Å²) in [4.78, 5) is 40.3. The van der Waals surface area contributed by atoms with E-state index in [2.05, 4.69) is 0 Å². The molecular weight excluding hydrogens is 432 g/mol. The van der Waals surface area contributed by atoms with Crippen LogP contribution in [0.1, 0.15) is 24.1 Å². The zero-order valence-corrected chi connectivity index (χ0v) is 18.2. The van der Waals surface area contributed by atoms with Gasteiger partial charge in [-0.3, -0.25) is 19.3 Å². The van der Waals surface area contributed by atoms with Gasteiger partial charge in [0.05, 0.1) is 11.6 Å². The van der Waals surface area contributed by atoms with Crippen molar-refractivity contribution in [2.24, 2.45) is 29.2 Å². The predicted molar refractivity (Wildman–Crippen MR) is 116 cm³/mol. The molecule has 10 N–H and O–H groups in total. The highest BCUT2D eigenvalue weighted by Gasteiger charge is 2.67. The predicted octanol–water partition coefficient (Wildman–Crippen LogP) is -0.750. The number of carbonyl (C=O) groups is 3. The lowest BCUT2D eigenvalue weighted by atomic mass is 9.52. The number of phenolic OH excluding ortho intramolecular Hbond substituents is 1. The average molecular weight is 458 g/mol. The lowest BCUT2D eigenvalue weighted by Gasteiger charge is -2.54. The Morgan fingerprint density at radius 1 is 1.15 bits per heavy atom. The fraction of sp³-hybridized carbons (Fsp3) is 0.409. The lowest BCUT2D eigenvalue weighted by molar-refractivity contribution is -0.160. The number of fused-ring (bicyclic) bond motifs is 3. The molecule has 1 aromatic carbocycles. The number of aromatic hydroxyl groups is 1. The maximum absolute atomic E-state index is 13.8. The van der Waals surface area contributed by atoms with Gasteiger partial charge >= 0.3 is 0 Å². The van der Waals surface area contributed by atoms with Crippen molar-refractivity contribution < 1.29 is 34.8 Å². The summed E-state index contributed by atoms with van der Waals surface area (Å²) in [6.45, 7) is 1.62. The van der Waals surface area contributed by atoms with Crippen molar-refractivity contribution in [3.8, 4) is 5.75 Å². The topological polar surface area (TPSA) is 213 Å². The number of likely N-dealkylation sites (N-methyl/N-ethyl adjacent to an activating group) is 1. The van der Waals surface area contributed by atoms with E-state index in [-0.39, 0.29) is 28.1 Å². The summed E-state index contributed by atoms with van der Waals surface area (Å²) < 4.78 is 0. The maximum Gasteiger partial charge on any atom is 0.255 e. The van der Waals surface area contributed by atoms with Gasteiger partial charge in [0.15, 0.2) is 11.4 Å². The number of Topliss-reactive ketones (excluding diaryl/α,β-unsaturated/α-hetero) is 2. The van der Waals surface area contributed by atoms with Gasteiger partial charge in [0.25, 0.3) is 5.91 Å². The average Bonchev–Trinajstić information content (AvgIpc) is 2.72. The Morgan fingerprint density at radius 3 is 2.30 bits per heavy atom. The Hall–Kier alpha value is -3.41. The molecule has 3 aliphatic carbocycles. The smallest absolute Gasteiger partial charge is 0.255 e. The second kappa shape index (κ2) is 7.04. The summed E-state index contributed by atoms with van der Waals surface area (Å²) in [5.41, 5.74) is 14.2. The van der Waals surface area contributed by atoms with Crippen LogP contribution in [0, 0.1) is 17.8 Å². The van der Waals surface area contributed by atoms with E-state index in [1.54, 1.807) is 6.92 Å². The molecular formula is C22H26N4O7. The first-order valence-corrected chi connectivity index (χ1v) is 10.3. The van der Waals surface area contributed by atoms with E-state index in [4.69, 9.17) is 17.2 Å². The number of nitrogen functional groups attached to an aromatic ring is 1. The Balaban J connectivity index is 2.08. The number of phenols is 1. The Labute approximate surface area is 188 Å². The Morgan fingerprint density at radius 2 is 1.76 bits per heavy atom. The molecule has 6 atom stereocenters. The van der Waals surface area contributed by atoms with Crippen molar-refractivity contribution in [1.82, 2.24) is 4.90 Å². The van der Waals surface area contributed by atoms with Gasteiger partial charge in [-0.2, -0.15) is 0 Å². The van der Waals surface area contributed by atoms with Crippen molar-refractivity contribution in [2.45, 2.75) is 24.6 Å². The molecule has 33 heavy (non-hydrogen) atoms. The van der Waals surface area contributed by atoms with Crippen LogP contribution < -0.4 is 17.2 Å². The molecule has 0 unspecified atom stereocenters. The van der Waals surface area contributed by atoms with Crippen LogP contribution in [0.3, 0.4) is 0 Å². The number of benzene rings is 1. The molecule has 4 rings (SSSR count). The lowest BCUT2D eigenvalue weighted by Crippen LogP contribution is -2.68. The van der Waals surface area contributed by atoms with Gasteiger partial charge in [-0.25, -0.2) is 0 Å². The molecule has 0 aromatic heterocycles. The molecule has 1 fully saturated rings. The van der Waals surface area contributed by atoms with Gasteiger partial charge in [-0.15, -0.1) is 0 Å². The third kappa shape index (κ3) is 2.63. The van der Waals surface area contributed by atoms with Gasteiger partial charge in [-0.05, 0) is 32.1 Å². The number of hydrogen-bond acceptors (Lipinski definition) is 10. The largest absolute Gasteiger partial charge is 0.508 e. The highest BCUT2D eigenvalue weighted by Crippen LogP contribution is 2.57. The van der Waals surface area contributed by atoms with E-state index in [9.17, 15) is 34.8 Å². The van der Waals surface area contributed by atoms with Crippen LogP contribution in [-0.4, -0.2) is 68.5 Å². The van der Waals surface area contributed by atoms with Crippen LogP contribution in [0.5, 0.6) is 5.75 Å². The molecule has 0 heterocycles. The first-order chi connectivity index (χ1) is 15.3. The third-order valence-corrected chi connectivity index (χ3v) is 7.26. The van der Waals surface area contributed by atoms with Crippen molar-refractivity contribution in [3.05, 3.63) is 40.2 Å².